The predicted molar refractivity (Wildman–Crippen MR) is 68.1 cm³/mol. The maximum atomic E-state index is 11.6. The first-order valence-corrected chi connectivity index (χ1v) is 7.09. The zero-order valence-electron chi connectivity index (χ0n) is 10.1. The van der Waals surface area contributed by atoms with Crippen LogP contribution in [-0.2, 0) is 4.79 Å². The van der Waals surface area contributed by atoms with E-state index in [0.29, 0.717) is 6.04 Å². The van der Waals surface area contributed by atoms with Crippen molar-refractivity contribution in [2.45, 2.75) is 51.6 Å². The Hall–Kier alpha value is -0.220. The van der Waals surface area contributed by atoms with E-state index in [1.54, 1.807) is 11.8 Å². The number of hydrogen-bond donors (Lipinski definition) is 2. The Morgan fingerprint density at radius 1 is 1.40 bits per heavy atom. The van der Waals surface area contributed by atoms with Gasteiger partial charge in [-0.1, -0.05) is 20.3 Å². The first kappa shape index (κ1) is 14.8. The normalized spacial score (nSPS) is 14.7. The van der Waals surface area contributed by atoms with Crippen LogP contribution in [0.2, 0.25) is 0 Å². The maximum Gasteiger partial charge on any atom is 0.237 e. The average molecular weight is 232 g/mol. The Balaban J connectivity index is 3.87. The van der Waals surface area contributed by atoms with Gasteiger partial charge in [-0.3, -0.25) is 4.79 Å². The van der Waals surface area contributed by atoms with Crippen molar-refractivity contribution in [2.24, 2.45) is 5.73 Å². The smallest absolute Gasteiger partial charge is 0.237 e. The molecule has 3 nitrogen and oxygen atoms in total. The van der Waals surface area contributed by atoms with Gasteiger partial charge in [-0.15, -0.1) is 0 Å². The van der Waals surface area contributed by atoms with Crippen molar-refractivity contribution in [1.82, 2.24) is 5.32 Å². The minimum atomic E-state index is -0.344. The Bertz CT molecular complexity index is 176. The van der Waals surface area contributed by atoms with Gasteiger partial charge in [-0.2, -0.15) is 11.8 Å². The average Bonchev–Trinajstić information content (AvgIpc) is 2.24. The Morgan fingerprint density at radius 2 is 2.07 bits per heavy atom. The third kappa shape index (κ3) is 6.79. The lowest BCUT2D eigenvalue weighted by Crippen LogP contribution is -2.45. The lowest BCUT2D eigenvalue weighted by molar-refractivity contribution is -0.123. The number of nitrogens with two attached hydrogens (primary N) is 1. The number of carbonyl (C=O) groups excluding carboxylic acids is 1. The summed E-state index contributed by atoms with van der Waals surface area (Å²) in [4.78, 5) is 11.6. The summed E-state index contributed by atoms with van der Waals surface area (Å²) in [7, 11) is 0. The molecule has 0 saturated carbocycles. The number of thioether (sulfide) groups is 1. The van der Waals surface area contributed by atoms with E-state index in [1.807, 2.05) is 6.26 Å². The molecule has 0 aromatic carbocycles. The summed E-state index contributed by atoms with van der Waals surface area (Å²) in [6.45, 7) is 4.22. The van der Waals surface area contributed by atoms with E-state index in [9.17, 15) is 4.79 Å². The molecule has 0 rings (SSSR count). The third-order valence-corrected chi connectivity index (χ3v) is 3.09. The van der Waals surface area contributed by atoms with Gasteiger partial charge in [-0.05, 0) is 31.3 Å². The van der Waals surface area contributed by atoms with Gasteiger partial charge in [0.25, 0.3) is 0 Å². The summed E-state index contributed by atoms with van der Waals surface area (Å²) in [5.41, 5.74) is 5.78. The summed E-state index contributed by atoms with van der Waals surface area (Å²) < 4.78 is 0. The van der Waals surface area contributed by atoms with Crippen LogP contribution in [-0.4, -0.2) is 30.0 Å². The molecule has 1 amide bonds. The van der Waals surface area contributed by atoms with Crippen molar-refractivity contribution < 1.29 is 4.79 Å². The molecule has 3 N–H and O–H groups in total. The quantitative estimate of drug-likeness (QED) is 0.670. The third-order valence-electron chi connectivity index (χ3n) is 2.45. The van der Waals surface area contributed by atoms with Gasteiger partial charge in [0.1, 0.15) is 0 Å². The second-order valence-corrected chi connectivity index (χ2v) is 4.78. The van der Waals surface area contributed by atoms with E-state index >= 15 is 0 Å². The zero-order valence-corrected chi connectivity index (χ0v) is 10.9. The van der Waals surface area contributed by atoms with Crippen molar-refractivity contribution in [3.63, 3.8) is 0 Å². The molecule has 0 aliphatic heterocycles. The number of nitrogens with one attached hydrogen (secondary N) is 1. The molecule has 2 atom stereocenters. The van der Waals surface area contributed by atoms with Crippen LogP contribution in [0.3, 0.4) is 0 Å². The molecule has 0 aromatic rings. The molecule has 0 bridgehead atoms. The first-order chi connectivity index (χ1) is 7.15. The largest absolute Gasteiger partial charge is 0.352 e. The van der Waals surface area contributed by atoms with Crippen LogP contribution in [0, 0.1) is 0 Å². The molecule has 0 aliphatic rings. The summed E-state index contributed by atoms with van der Waals surface area (Å²) in [5.74, 6) is 0.948. The van der Waals surface area contributed by atoms with Crippen LogP contribution in [0.5, 0.6) is 0 Å². The van der Waals surface area contributed by atoms with E-state index < -0.39 is 0 Å². The molecule has 0 aromatic heterocycles. The lowest BCUT2D eigenvalue weighted by atomic mass is 10.1. The van der Waals surface area contributed by atoms with Crippen LogP contribution in [0.4, 0.5) is 0 Å². The highest BCUT2D eigenvalue weighted by Gasteiger charge is 2.15. The van der Waals surface area contributed by atoms with E-state index in [0.717, 1.165) is 31.4 Å². The first-order valence-electron chi connectivity index (χ1n) is 5.70. The summed E-state index contributed by atoms with van der Waals surface area (Å²) in [5, 5.41) is 3.00. The van der Waals surface area contributed by atoms with E-state index in [2.05, 4.69) is 19.2 Å². The van der Waals surface area contributed by atoms with Gasteiger partial charge >= 0.3 is 0 Å². The second kappa shape index (κ2) is 9.04. The van der Waals surface area contributed by atoms with E-state index in [1.165, 1.54) is 0 Å². The highest BCUT2D eigenvalue weighted by atomic mass is 32.2. The molecular formula is C11H24N2OS. The molecule has 90 valence electrons. The standard InChI is InChI=1S/C11H24N2OS/c1-4-6-9(5-2)13-11(14)10(12)7-8-15-3/h9-10H,4-8,12H2,1-3H3,(H,13,14)/t9?,10-/m1/s1. The predicted octanol–water partition coefficient (Wildman–Crippen LogP) is 1.76. The van der Waals surface area contributed by atoms with Crippen LogP contribution >= 0.6 is 11.8 Å². The molecule has 0 aliphatic carbocycles. The molecule has 1 unspecified atom stereocenters. The molecule has 0 saturated heterocycles. The second-order valence-electron chi connectivity index (χ2n) is 3.79. The van der Waals surface area contributed by atoms with Crippen molar-refractivity contribution in [1.29, 1.82) is 0 Å². The van der Waals surface area contributed by atoms with Crippen molar-refractivity contribution in [2.75, 3.05) is 12.0 Å². The Morgan fingerprint density at radius 3 is 2.53 bits per heavy atom. The molecular weight excluding hydrogens is 208 g/mol. The highest BCUT2D eigenvalue weighted by Crippen LogP contribution is 2.03. The van der Waals surface area contributed by atoms with Crippen molar-refractivity contribution in [3.8, 4) is 0 Å². The van der Waals surface area contributed by atoms with E-state index in [-0.39, 0.29) is 11.9 Å². The van der Waals surface area contributed by atoms with Crippen LogP contribution in [0.25, 0.3) is 0 Å². The lowest BCUT2D eigenvalue weighted by Gasteiger charge is -2.19. The zero-order chi connectivity index (χ0) is 11.7. The monoisotopic (exact) mass is 232 g/mol. The number of carbonyl (C=O) groups is 1. The molecule has 0 spiro atoms. The fraction of sp³-hybridized carbons (Fsp3) is 0.909. The number of rotatable bonds is 8. The SMILES string of the molecule is CCCC(CC)NC(=O)[C@H](N)CCSC. The Kier molecular flexibility index (Phi) is 8.91. The van der Waals surface area contributed by atoms with Crippen molar-refractivity contribution in [3.05, 3.63) is 0 Å². The number of hydrogen-bond acceptors (Lipinski definition) is 3. The van der Waals surface area contributed by atoms with Gasteiger partial charge in [0.05, 0.1) is 6.04 Å². The molecule has 4 heteroatoms. The van der Waals surface area contributed by atoms with Crippen molar-refractivity contribution >= 4 is 17.7 Å². The summed E-state index contributed by atoms with van der Waals surface area (Å²) in [6.07, 6.45) is 5.90. The molecule has 0 heterocycles. The van der Waals surface area contributed by atoms with Gasteiger partial charge in [0.2, 0.25) is 5.91 Å². The Labute approximate surface area is 97.6 Å². The minimum Gasteiger partial charge on any atom is -0.352 e. The van der Waals surface area contributed by atoms with Crippen LogP contribution in [0.1, 0.15) is 39.5 Å². The van der Waals surface area contributed by atoms with Gasteiger partial charge < -0.3 is 11.1 Å². The van der Waals surface area contributed by atoms with Gasteiger partial charge in [0, 0.05) is 6.04 Å². The summed E-state index contributed by atoms with van der Waals surface area (Å²) >= 11 is 1.72. The topological polar surface area (TPSA) is 55.1 Å². The van der Waals surface area contributed by atoms with Gasteiger partial charge in [-0.25, -0.2) is 0 Å². The fourth-order valence-electron chi connectivity index (χ4n) is 1.41. The van der Waals surface area contributed by atoms with E-state index in [4.69, 9.17) is 5.73 Å². The molecule has 0 radical (unpaired) electrons. The number of amides is 1. The van der Waals surface area contributed by atoms with Gasteiger partial charge in [0.15, 0.2) is 0 Å². The maximum absolute atomic E-state index is 11.6. The minimum absolute atomic E-state index is 0.00403. The fourth-order valence-corrected chi connectivity index (χ4v) is 1.90. The molecule has 15 heavy (non-hydrogen) atoms. The highest BCUT2D eigenvalue weighted by molar-refractivity contribution is 7.98. The molecule has 0 fully saturated rings. The van der Waals surface area contributed by atoms with Crippen LogP contribution in [0.15, 0.2) is 0 Å². The summed E-state index contributed by atoms with van der Waals surface area (Å²) in [6, 6.07) is -0.0498. The van der Waals surface area contributed by atoms with Crippen LogP contribution < -0.4 is 11.1 Å².